The Balaban J connectivity index is 0.00000225. The predicted molar refractivity (Wildman–Crippen MR) is 113 cm³/mol. The van der Waals surface area contributed by atoms with Crippen molar-refractivity contribution in [3.63, 3.8) is 0 Å². The van der Waals surface area contributed by atoms with Crippen molar-refractivity contribution >= 4 is 40.9 Å². The molecule has 1 fully saturated rings. The number of rotatable bonds is 8. The van der Waals surface area contributed by atoms with E-state index in [1.54, 1.807) is 7.05 Å². The average molecular weight is 457 g/mol. The van der Waals surface area contributed by atoms with Crippen molar-refractivity contribution in [3.05, 3.63) is 35.6 Å². The highest BCUT2D eigenvalue weighted by atomic mass is 127. The maximum absolute atomic E-state index is 5.91. The van der Waals surface area contributed by atoms with Gasteiger partial charge >= 0.3 is 0 Å². The molecule has 0 aliphatic heterocycles. The van der Waals surface area contributed by atoms with Gasteiger partial charge in [0.05, 0.1) is 6.54 Å². The molecule has 0 amide bonds. The lowest BCUT2D eigenvalue weighted by Crippen LogP contribution is -2.37. The molecule has 0 atom stereocenters. The molecule has 2 N–H and O–H groups in total. The first-order chi connectivity index (χ1) is 11.8. The van der Waals surface area contributed by atoms with Crippen molar-refractivity contribution in [2.45, 2.75) is 32.7 Å². The minimum absolute atomic E-state index is 0. The molecule has 25 heavy (non-hydrogen) atoms. The first kappa shape index (κ1) is 20.0. The molecule has 0 bridgehead atoms. The Hall–Kier alpha value is -1.28. The third kappa shape index (κ3) is 5.88. The summed E-state index contributed by atoms with van der Waals surface area (Å²) in [7, 11) is 1.78. The molecule has 3 rings (SSSR count). The summed E-state index contributed by atoms with van der Waals surface area (Å²) >= 11 is 0. The van der Waals surface area contributed by atoms with Gasteiger partial charge in [-0.3, -0.25) is 4.99 Å². The van der Waals surface area contributed by atoms with Crippen LogP contribution in [0.5, 0.6) is 0 Å². The van der Waals surface area contributed by atoms with Crippen LogP contribution in [0.15, 0.2) is 33.7 Å². The zero-order valence-electron chi connectivity index (χ0n) is 15.0. The highest BCUT2D eigenvalue weighted by molar-refractivity contribution is 14.0. The van der Waals surface area contributed by atoms with Gasteiger partial charge in [0.15, 0.2) is 5.96 Å². The summed E-state index contributed by atoms with van der Waals surface area (Å²) in [6.45, 7) is 5.31. The van der Waals surface area contributed by atoms with Gasteiger partial charge in [0.1, 0.15) is 11.3 Å². The zero-order chi connectivity index (χ0) is 16.8. The lowest BCUT2D eigenvalue weighted by molar-refractivity contribution is 0.123. The van der Waals surface area contributed by atoms with E-state index >= 15 is 0 Å². The molecule has 138 valence electrons. The standard InChI is InChI=1S/C19H27N3O2.HI/c1-14-16-6-3-4-7-17(16)24-18(14)12-22-19(20-2)21-10-5-11-23-13-15-8-9-15;/h3-4,6-7,15H,5,8-13H2,1-2H3,(H2,20,21,22);1H. The van der Waals surface area contributed by atoms with E-state index in [-0.39, 0.29) is 24.0 Å². The largest absolute Gasteiger partial charge is 0.459 e. The summed E-state index contributed by atoms with van der Waals surface area (Å²) in [6, 6.07) is 8.12. The van der Waals surface area contributed by atoms with Crippen molar-refractivity contribution in [3.8, 4) is 0 Å². The third-order valence-electron chi connectivity index (χ3n) is 4.39. The number of hydrogen-bond donors (Lipinski definition) is 2. The van der Waals surface area contributed by atoms with Gasteiger partial charge in [-0.25, -0.2) is 0 Å². The molecule has 0 radical (unpaired) electrons. The normalized spacial score (nSPS) is 14.4. The van der Waals surface area contributed by atoms with E-state index in [9.17, 15) is 0 Å². The fourth-order valence-electron chi connectivity index (χ4n) is 2.69. The van der Waals surface area contributed by atoms with Crippen LogP contribution in [-0.4, -0.2) is 32.8 Å². The quantitative estimate of drug-likeness (QED) is 0.274. The zero-order valence-corrected chi connectivity index (χ0v) is 17.3. The molecule has 5 nitrogen and oxygen atoms in total. The number of guanidine groups is 1. The number of aliphatic imine (C=N–C) groups is 1. The van der Waals surface area contributed by atoms with Crippen LogP contribution in [0.25, 0.3) is 11.0 Å². The van der Waals surface area contributed by atoms with Crippen LogP contribution in [0.4, 0.5) is 0 Å². The van der Waals surface area contributed by atoms with Crippen LogP contribution >= 0.6 is 24.0 Å². The molecule has 0 saturated heterocycles. The number of fused-ring (bicyclic) bond motifs is 1. The Kier molecular flexibility index (Phi) is 8.02. The topological polar surface area (TPSA) is 58.8 Å². The first-order valence-corrected chi connectivity index (χ1v) is 8.77. The van der Waals surface area contributed by atoms with Crippen molar-refractivity contribution in [1.29, 1.82) is 0 Å². The Morgan fingerprint density at radius 1 is 1.28 bits per heavy atom. The Labute approximate surface area is 166 Å². The second kappa shape index (κ2) is 10.0. The van der Waals surface area contributed by atoms with E-state index in [4.69, 9.17) is 9.15 Å². The van der Waals surface area contributed by atoms with Crippen LogP contribution in [0, 0.1) is 12.8 Å². The van der Waals surface area contributed by atoms with Crippen molar-refractivity contribution in [2.75, 3.05) is 26.8 Å². The molecule has 0 spiro atoms. The molecule has 1 aromatic heterocycles. The van der Waals surface area contributed by atoms with Gasteiger partial charge < -0.3 is 19.8 Å². The number of nitrogens with one attached hydrogen (secondary N) is 2. The number of halogens is 1. The highest BCUT2D eigenvalue weighted by Crippen LogP contribution is 2.28. The highest BCUT2D eigenvalue weighted by Gasteiger charge is 2.20. The number of hydrogen-bond acceptors (Lipinski definition) is 3. The van der Waals surface area contributed by atoms with E-state index in [2.05, 4.69) is 28.6 Å². The predicted octanol–water partition coefficient (Wildman–Crippen LogP) is 3.84. The maximum atomic E-state index is 5.91. The number of aryl methyl sites for hydroxylation is 1. The van der Waals surface area contributed by atoms with Crippen LogP contribution in [-0.2, 0) is 11.3 Å². The number of nitrogens with zero attached hydrogens (tertiary/aromatic N) is 1. The average Bonchev–Trinajstić information content (AvgIpc) is 3.38. The number of para-hydroxylation sites is 1. The summed E-state index contributed by atoms with van der Waals surface area (Å²) < 4.78 is 11.6. The second-order valence-electron chi connectivity index (χ2n) is 6.37. The van der Waals surface area contributed by atoms with Gasteiger partial charge in [-0.1, -0.05) is 18.2 Å². The Bertz CT molecular complexity index is 695. The molecule has 1 saturated carbocycles. The number of ether oxygens (including phenoxy) is 1. The molecule has 1 heterocycles. The molecule has 1 aliphatic carbocycles. The minimum atomic E-state index is 0. The number of furan rings is 1. The fraction of sp³-hybridized carbons (Fsp3) is 0.526. The molecule has 1 aromatic carbocycles. The second-order valence-corrected chi connectivity index (χ2v) is 6.37. The van der Waals surface area contributed by atoms with Gasteiger partial charge in [-0.05, 0) is 38.2 Å². The molecule has 0 unspecified atom stereocenters. The summed E-state index contributed by atoms with van der Waals surface area (Å²) in [4.78, 5) is 4.25. The monoisotopic (exact) mass is 457 g/mol. The number of benzene rings is 1. The van der Waals surface area contributed by atoms with Gasteiger partial charge in [0.2, 0.25) is 0 Å². The van der Waals surface area contributed by atoms with E-state index in [0.717, 1.165) is 49.4 Å². The smallest absolute Gasteiger partial charge is 0.191 e. The van der Waals surface area contributed by atoms with Gasteiger partial charge in [-0.2, -0.15) is 0 Å². The molecular weight excluding hydrogens is 429 g/mol. The summed E-state index contributed by atoms with van der Waals surface area (Å²) in [6.07, 6.45) is 3.67. The first-order valence-electron chi connectivity index (χ1n) is 8.77. The van der Waals surface area contributed by atoms with E-state index in [1.807, 2.05) is 18.2 Å². The van der Waals surface area contributed by atoms with Gasteiger partial charge in [-0.15, -0.1) is 24.0 Å². The van der Waals surface area contributed by atoms with Crippen molar-refractivity contribution in [1.82, 2.24) is 10.6 Å². The summed E-state index contributed by atoms with van der Waals surface area (Å²) in [5.41, 5.74) is 2.12. The van der Waals surface area contributed by atoms with Crippen molar-refractivity contribution < 1.29 is 9.15 Å². The van der Waals surface area contributed by atoms with Gasteiger partial charge in [0.25, 0.3) is 0 Å². The summed E-state index contributed by atoms with van der Waals surface area (Å²) in [5, 5.41) is 7.80. The van der Waals surface area contributed by atoms with Crippen LogP contribution in [0.2, 0.25) is 0 Å². The van der Waals surface area contributed by atoms with Crippen LogP contribution in [0.3, 0.4) is 0 Å². The fourth-order valence-corrected chi connectivity index (χ4v) is 2.69. The minimum Gasteiger partial charge on any atom is -0.459 e. The maximum Gasteiger partial charge on any atom is 0.191 e. The molecule has 6 heteroatoms. The van der Waals surface area contributed by atoms with Crippen LogP contribution < -0.4 is 10.6 Å². The van der Waals surface area contributed by atoms with Gasteiger partial charge in [0, 0.05) is 37.8 Å². The Morgan fingerprint density at radius 3 is 2.80 bits per heavy atom. The SMILES string of the molecule is CN=C(NCCCOCC1CC1)NCc1oc2ccccc2c1C.I. The van der Waals surface area contributed by atoms with Crippen molar-refractivity contribution in [2.24, 2.45) is 10.9 Å². The molecule has 1 aliphatic rings. The van der Waals surface area contributed by atoms with E-state index < -0.39 is 0 Å². The molecule has 2 aromatic rings. The summed E-state index contributed by atoms with van der Waals surface area (Å²) in [5.74, 6) is 2.57. The van der Waals surface area contributed by atoms with E-state index in [1.165, 1.54) is 23.8 Å². The Morgan fingerprint density at radius 2 is 2.08 bits per heavy atom. The van der Waals surface area contributed by atoms with E-state index in [0.29, 0.717) is 6.54 Å². The molecular formula is C19H28IN3O2. The third-order valence-corrected chi connectivity index (χ3v) is 4.39. The lowest BCUT2D eigenvalue weighted by Gasteiger charge is -2.11. The lowest BCUT2D eigenvalue weighted by atomic mass is 10.1. The van der Waals surface area contributed by atoms with Crippen LogP contribution in [0.1, 0.15) is 30.6 Å².